The fourth-order valence-electron chi connectivity index (χ4n) is 6.19. The first-order valence-electron chi connectivity index (χ1n) is 12.5. The van der Waals surface area contributed by atoms with Gasteiger partial charge < -0.3 is 5.32 Å². The average Bonchev–Trinajstić information content (AvgIpc) is 2.76. The Morgan fingerprint density at radius 2 is 1.89 bits per heavy atom. The molecule has 0 aliphatic heterocycles. The van der Waals surface area contributed by atoms with Gasteiger partial charge in [-0.05, 0) is 68.4 Å². The van der Waals surface area contributed by atoms with Crippen molar-refractivity contribution >= 4 is 5.65 Å². The molecule has 1 N–H and O–H groups in total. The molecule has 8 heteroatoms. The first kappa shape index (κ1) is 24.9. The van der Waals surface area contributed by atoms with Gasteiger partial charge in [0.2, 0.25) is 0 Å². The highest BCUT2D eigenvalue weighted by atomic mass is 19.4. The lowest BCUT2D eigenvalue weighted by molar-refractivity contribution is -0.139. The summed E-state index contributed by atoms with van der Waals surface area (Å²) in [5.41, 5.74) is -1.49. The molecule has 0 bridgehead atoms. The lowest BCUT2D eigenvalue weighted by Gasteiger charge is -2.44. The monoisotopic (exact) mass is 501 g/mol. The zero-order valence-electron chi connectivity index (χ0n) is 21.0. The van der Waals surface area contributed by atoms with Crippen molar-refractivity contribution in [2.75, 3.05) is 0 Å². The zero-order chi connectivity index (χ0) is 26.0. The van der Waals surface area contributed by atoms with Gasteiger partial charge in [0.15, 0.2) is 5.65 Å². The van der Waals surface area contributed by atoms with E-state index >= 15 is 4.39 Å². The maximum absolute atomic E-state index is 15.3. The summed E-state index contributed by atoms with van der Waals surface area (Å²) in [4.78, 5) is 17.5. The maximum atomic E-state index is 15.3. The van der Waals surface area contributed by atoms with Crippen molar-refractivity contribution in [3.8, 4) is 11.1 Å². The molecule has 5 rings (SSSR count). The third kappa shape index (κ3) is 4.13. The predicted molar refractivity (Wildman–Crippen MR) is 131 cm³/mol. The van der Waals surface area contributed by atoms with E-state index in [2.05, 4.69) is 24.1 Å². The Morgan fingerprint density at radius 3 is 2.47 bits per heavy atom. The summed E-state index contributed by atoms with van der Waals surface area (Å²) < 4.78 is 58.3. The number of hydrogen-bond donors (Lipinski definition) is 1. The number of nitrogens with zero attached hydrogens (tertiary/aromatic N) is 2. The van der Waals surface area contributed by atoms with E-state index in [4.69, 9.17) is 0 Å². The van der Waals surface area contributed by atoms with Crippen molar-refractivity contribution in [1.29, 1.82) is 0 Å². The Morgan fingerprint density at radius 1 is 1.19 bits per heavy atom. The fourth-order valence-corrected chi connectivity index (χ4v) is 6.19. The number of nitrogens with one attached hydrogen (secondary N) is 1. The quantitative estimate of drug-likeness (QED) is 0.391. The van der Waals surface area contributed by atoms with Crippen LogP contribution in [-0.2, 0) is 11.6 Å². The molecule has 4 nitrogen and oxygen atoms in total. The van der Waals surface area contributed by atoms with Crippen molar-refractivity contribution in [3.05, 3.63) is 69.5 Å². The Bertz CT molecular complexity index is 1380. The Hall–Kier alpha value is -2.74. The highest BCUT2D eigenvalue weighted by Gasteiger charge is 2.41. The minimum absolute atomic E-state index is 0.00832. The van der Waals surface area contributed by atoms with Crippen molar-refractivity contribution in [3.63, 3.8) is 0 Å². The number of aromatic nitrogens is 2. The maximum Gasteiger partial charge on any atom is 0.422 e. The van der Waals surface area contributed by atoms with E-state index in [0.717, 1.165) is 48.3 Å². The topological polar surface area (TPSA) is 46.4 Å². The van der Waals surface area contributed by atoms with E-state index in [1.807, 2.05) is 25.1 Å². The highest BCUT2D eigenvalue weighted by Crippen LogP contribution is 2.47. The van der Waals surface area contributed by atoms with Crippen LogP contribution in [0.25, 0.3) is 16.8 Å². The van der Waals surface area contributed by atoms with Crippen LogP contribution in [0.3, 0.4) is 0 Å². The molecule has 0 amide bonds. The molecule has 2 aliphatic carbocycles. The molecule has 0 saturated heterocycles. The van der Waals surface area contributed by atoms with E-state index < -0.39 is 34.8 Å². The largest absolute Gasteiger partial charge is 0.422 e. The van der Waals surface area contributed by atoms with Crippen LogP contribution < -0.4 is 10.9 Å². The molecule has 1 aromatic carbocycles. The molecule has 36 heavy (non-hydrogen) atoms. The summed E-state index contributed by atoms with van der Waals surface area (Å²) in [5, 5.41) is 3.26. The van der Waals surface area contributed by atoms with Gasteiger partial charge in [0.1, 0.15) is 11.4 Å². The predicted octanol–water partition coefficient (Wildman–Crippen LogP) is 6.80. The van der Waals surface area contributed by atoms with E-state index in [-0.39, 0.29) is 22.1 Å². The average molecular weight is 502 g/mol. The smallest absolute Gasteiger partial charge is 0.305 e. The molecule has 192 valence electrons. The Kier molecular flexibility index (Phi) is 5.82. The van der Waals surface area contributed by atoms with E-state index in [9.17, 15) is 18.0 Å². The molecule has 0 radical (unpaired) electrons. The number of fused-ring (bicyclic) bond motifs is 1. The molecule has 1 unspecified atom stereocenters. The Labute approximate surface area is 207 Å². The van der Waals surface area contributed by atoms with Crippen molar-refractivity contribution < 1.29 is 17.6 Å². The molecule has 2 aliphatic rings. The van der Waals surface area contributed by atoms with E-state index in [0.29, 0.717) is 11.5 Å². The van der Waals surface area contributed by atoms with Crippen LogP contribution in [-0.4, -0.2) is 14.9 Å². The van der Waals surface area contributed by atoms with Crippen LogP contribution in [0.2, 0.25) is 0 Å². The standard InChI is InChI=1S/C28H31F4N3O/c1-16-12-26(3,13-16)19-8-5-7-18(11-19)20-14-33-24-22(28(30,31)32)23(29)21(15-35(24)25(20)36)17(2)34-27(4)9-6-10-27/h5,7-8,11,14-17,34H,6,9-10,12-13H2,1-4H3. The van der Waals surface area contributed by atoms with Crippen LogP contribution in [0.4, 0.5) is 17.6 Å². The summed E-state index contributed by atoms with van der Waals surface area (Å²) >= 11 is 0. The molecule has 0 spiro atoms. The third-order valence-corrected chi connectivity index (χ3v) is 8.20. The molecule has 2 saturated carbocycles. The number of alkyl halides is 3. The first-order valence-corrected chi connectivity index (χ1v) is 12.5. The van der Waals surface area contributed by atoms with Crippen molar-refractivity contribution in [2.45, 2.75) is 83.0 Å². The molecule has 1 atom stereocenters. The first-order chi connectivity index (χ1) is 16.8. The van der Waals surface area contributed by atoms with Crippen LogP contribution >= 0.6 is 0 Å². The number of pyridine rings is 1. The van der Waals surface area contributed by atoms with E-state index in [1.165, 1.54) is 6.20 Å². The molecule has 3 aromatic rings. The van der Waals surface area contributed by atoms with Crippen molar-refractivity contribution in [2.24, 2.45) is 5.92 Å². The van der Waals surface area contributed by atoms with Gasteiger partial charge in [0.05, 0.1) is 5.56 Å². The highest BCUT2D eigenvalue weighted by molar-refractivity contribution is 5.65. The van der Waals surface area contributed by atoms with Crippen LogP contribution in [0.1, 0.15) is 82.5 Å². The third-order valence-electron chi connectivity index (χ3n) is 8.20. The minimum atomic E-state index is -5.01. The van der Waals surface area contributed by atoms with Gasteiger partial charge in [-0.15, -0.1) is 0 Å². The second-order valence-electron chi connectivity index (χ2n) is 11.4. The lowest BCUT2D eigenvalue weighted by atomic mass is 9.60. The van der Waals surface area contributed by atoms with Gasteiger partial charge in [-0.25, -0.2) is 9.37 Å². The molecule has 2 aromatic heterocycles. The second kappa shape index (κ2) is 8.40. The van der Waals surface area contributed by atoms with Crippen LogP contribution in [0, 0.1) is 11.7 Å². The fraction of sp³-hybridized carbons (Fsp3) is 0.500. The number of halogens is 4. The van der Waals surface area contributed by atoms with Crippen molar-refractivity contribution in [1.82, 2.24) is 14.7 Å². The Balaban J connectivity index is 1.65. The zero-order valence-corrected chi connectivity index (χ0v) is 21.0. The lowest BCUT2D eigenvalue weighted by Crippen LogP contribution is -2.49. The van der Waals surface area contributed by atoms with Gasteiger partial charge in [-0.2, -0.15) is 13.2 Å². The number of rotatable bonds is 5. The SMILES string of the molecule is CC1CC(C)(c2cccc(-c3cnc4c(C(F)(F)F)c(F)c(C(C)NC5(C)CCC5)cn4c3=O)c2)C1. The molecule has 2 fully saturated rings. The molecule has 2 heterocycles. The second-order valence-corrected chi connectivity index (χ2v) is 11.4. The summed E-state index contributed by atoms with van der Waals surface area (Å²) in [6.45, 7) is 7.97. The van der Waals surface area contributed by atoms with Gasteiger partial charge >= 0.3 is 6.18 Å². The number of benzene rings is 1. The number of hydrogen-bond acceptors (Lipinski definition) is 3. The summed E-state index contributed by atoms with van der Waals surface area (Å²) in [6, 6.07) is 6.84. The summed E-state index contributed by atoms with van der Waals surface area (Å²) in [7, 11) is 0. The van der Waals surface area contributed by atoms with Gasteiger partial charge in [0, 0.05) is 29.5 Å². The van der Waals surface area contributed by atoms with Gasteiger partial charge in [-0.1, -0.05) is 38.1 Å². The molecular weight excluding hydrogens is 470 g/mol. The van der Waals surface area contributed by atoms with Gasteiger partial charge in [0.25, 0.3) is 5.56 Å². The van der Waals surface area contributed by atoms with Crippen LogP contribution in [0.5, 0.6) is 0 Å². The minimum Gasteiger partial charge on any atom is -0.305 e. The van der Waals surface area contributed by atoms with Gasteiger partial charge in [-0.3, -0.25) is 9.20 Å². The summed E-state index contributed by atoms with van der Waals surface area (Å²) in [5.74, 6) is -0.766. The van der Waals surface area contributed by atoms with E-state index in [1.54, 1.807) is 13.0 Å². The van der Waals surface area contributed by atoms with Crippen LogP contribution in [0.15, 0.2) is 41.5 Å². The normalized spacial score (nSPS) is 24.3. The summed E-state index contributed by atoms with van der Waals surface area (Å²) in [6.07, 6.45) is 2.09. The molecular formula is C28H31F4N3O.